The summed E-state index contributed by atoms with van der Waals surface area (Å²) in [6.45, 7) is 7.38. The molecule has 0 aliphatic rings. The third-order valence-corrected chi connectivity index (χ3v) is 4.32. The number of hydrogen-bond acceptors (Lipinski definition) is 3. The number of hydrazone groups is 1. The molecule has 0 saturated heterocycles. The summed E-state index contributed by atoms with van der Waals surface area (Å²) in [5.74, 6) is 0. The van der Waals surface area contributed by atoms with Gasteiger partial charge in [-0.15, -0.1) is 0 Å². The van der Waals surface area contributed by atoms with Crippen molar-refractivity contribution in [2.75, 3.05) is 23.8 Å². The highest BCUT2D eigenvalue weighted by atomic mass is 32.1. The SMILES string of the molecule is CCCN(C)c1ccc(C=NNC(=S)Nc2cccc(C)c2C)cc1. The molecule has 5 heteroatoms. The molecule has 0 heterocycles. The second-order valence-corrected chi connectivity index (χ2v) is 6.49. The number of anilines is 2. The van der Waals surface area contributed by atoms with Crippen molar-refractivity contribution >= 4 is 34.9 Å². The van der Waals surface area contributed by atoms with E-state index in [1.165, 1.54) is 16.8 Å². The van der Waals surface area contributed by atoms with Crippen LogP contribution in [0.5, 0.6) is 0 Å². The highest BCUT2D eigenvalue weighted by Crippen LogP contribution is 2.17. The standard InChI is InChI=1S/C20H26N4S/c1-5-13-24(4)18-11-9-17(10-12-18)14-21-23-20(25)22-19-8-6-7-15(2)16(19)3/h6-12,14H,5,13H2,1-4H3,(H2,22,23,25). The zero-order valence-corrected chi connectivity index (χ0v) is 16.2. The van der Waals surface area contributed by atoms with Gasteiger partial charge in [0.05, 0.1) is 6.21 Å². The molecule has 2 rings (SSSR count). The largest absolute Gasteiger partial charge is 0.375 e. The molecule has 0 amide bonds. The van der Waals surface area contributed by atoms with Crippen LogP contribution in [-0.4, -0.2) is 24.9 Å². The Morgan fingerprint density at radius 3 is 2.56 bits per heavy atom. The van der Waals surface area contributed by atoms with E-state index in [0.29, 0.717) is 5.11 Å². The molecule has 2 aromatic carbocycles. The molecule has 2 aromatic rings. The number of thiocarbonyl (C=S) groups is 1. The zero-order chi connectivity index (χ0) is 18.2. The Balaban J connectivity index is 1.90. The predicted octanol–water partition coefficient (Wildman–Crippen LogP) is 4.47. The van der Waals surface area contributed by atoms with Crippen molar-refractivity contribution in [3.63, 3.8) is 0 Å². The van der Waals surface area contributed by atoms with Gasteiger partial charge in [0.1, 0.15) is 0 Å². The van der Waals surface area contributed by atoms with Crippen molar-refractivity contribution in [1.82, 2.24) is 5.43 Å². The normalized spacial score (nSPS) is 10.7. The topological polar surface area (TPSA) is 39.7 Å². The number of hydrogen-bond donors (Lipinski definition) is 2. The molecule has 0 spiro atoms. The summed E-state index contributed by atoms with van der Waals surface area (Å²) in [4.78, 5) is 2.24. The van der Waals surface area contributed by atoms with Crippen molar-refractivity contribution in [3.05, 3.63) is 59.2 Å². The van der Waals surface area contributed by atoms with Gasteiger partial charge in [-0.2, -0.15) is 5.10 Å². The summed E-state index contributed by atoms with van der Waals surface area (Å²) in [6.07, 6.45) is 2.90. The van der Waals surface area contributed by atoms with E-state index in [1.54, 1.807) is 6.21 Å². The maximum Gasteiger partial charge on any atom is 0.191 e. The first kappa shape index (κ1) is 18.9. The van der Waals surface area contributed by atoms with E-state index < -0.39 is 0 Å². The van der Waals surface area contributed by atoms with E-state index in [4.69, 9.17) is 12.2 Å². The van der Waals surface area contributed by atoms with Crippen LogP contribution in [0.2, 0.25) is 0 Å². The molecule has 0 unspecified atom stereocenters. The third kappa shape index (κ3) is 5.57. The van der Waals surface area contributed by atoms with Crippen LogP contribution in [0.15, 0.2) is 47.6 Å². The summed E-state index contributed by atoms with van der Waals surface area (Å²) >= 11 is 5.30. The molecular formula is C20H26N4S. The lowest BCUT2D eigenvalue weighted by molar-refractivity contribution is 0.852. The molecule has 0 saturated carbocycles. The summed E-state index contributed by atoms with van der Waals surface area (Å²) in [5.41, 5.74) is 8.50. The number of nitrogens with one attached hydrogen (secondary N) is 2. The molecule has 0 aliphatic carbocycles. The molecule has 132 valence electrons. The Morgan fingerprint density at radius 1 is 1.16 bits per heavy atom. The van der Waals surface area contributed by atoms with Gasteiger partial charge in [0, 0.05) is 25.0 Å². The molecule has 0 radical (unpaired) electrons. The van der Waals surface area contributed by atoms with Crippen LogP contribution in [0.3, 0.4) is 0 Å². The third-order valence-electron chi connectivity index (χ3n) is 4.13. The smallest absolute Gasteiger partial charge is 0.191 e. The monoisotopic (exact) mass is 354 g/mol. The fourth-order valence-corrected chi connectivity index (χ4v) is 2.64. The van der Waals surface area contributed by atoms with Gasteiger partial charge < -0.3 is 10.2 Å². The van der Waals surface area contributed by atoms with Crippen molar-refractivity contribution in [1.29, 1.82) is 0 Å². The Hall–Kier alpha value is -2.40. The fraction of sp³-hybridized carbons (Fsp3) is 0.300. The molecule has 4 nitrogen and oxygen atoms in total. The summed E-state index contributed by atoms with van der Waals surface area (Å²) in [5, 5.41) is 7.86. The lowest BCUT2D eigenvalue weighted by Crippen LogP contribution is -2.24. The van der Waals surface area contributed by atoms with E-state index in [2.05, 4.69) is 66.8 Å². The Morgan fingerprint density at radius 2 is 1.88 bits per heavy atom. The van der Waals surface area contributed by atoms with Crippen molar-refractivity contribution in [2.24, 2.45) is 5.10 Å². The van der Waals surface area contributed by atoms with Gasteiger partial charge in [-0.25, -0.2) is 0 Å². The van der Waals surface area contributed by atoms with Crippen molar-refractivity contribution in [3.8, 4) is 0 Å². The van der Waals surface area contributed by atoms with E-state index in [-0.39, 0.29) is 0 Å². The van der Waals surface area contributed by atoms with Gasteiger partial charge >= 0.3 is 0 Å². The Labute approximate surface area is 155 Å². The van der Waals surface area contributed by atoms with Crippen LogP contribution < -0.4 is 15.6 Å². The quantitative estimate of drug-likeness (QED) is 0.456. The molecule has 0 atom stereocenters. The van der Waals surface area contributed by atoms with Gasteiger partial charge in [-0.1, -0.05) is 31.2 Å². The minimum atomic E-state index is 0.476. The number of benzene rings is 2. The maximum absolute atomic E-state index is 5.30. The van der Waals surface area contributed by atoms with Crippen molar-refractivity contribution in [2.45, 2.75) is 27.2 Å². The Bertz CT molecular complexity index is 738. The molecule has 25 heavy (non-hydrogen) atoms. The van der Waals surface area contributed by atoms with Gasteiger partial charge in [-0.3, -0.25) is 5.43 Å². The highest BCUT2D eigenvalue weighted by Gasteiger charge is 2.02. The summed E-state index contributed by atoms with van der Waals surface area (Å²) in [6, 6.07) is 14.4. The van der Waals surface area contributed by atoms with Crippen LogP contribution in [0.1, 0.15) is 30.0 Å². The van der Waals surface area contributed by atoms with E-state index in [9.17, 15) is 0 Å². The van der Waals surface area contributed by atoms with E-state index in [1.807, 2.05) is 24.3 Å². The number of aryl methyl sites for hydroxylation is 1. The molecule has 0 bridgehead atoms. The maximum atomic E-state index is 5.30. The zero-order valence-electron chi connectivity index (χ0n) is 15.3. The molecular weight excluding hydrogens is 328 g/mol. The summed E-state index contributed by atoms with van der Waals surface area (Å²) < 4.78 is 0. The van der Waals surface area contributed by atoms with Gasteiger partial charge in [-0.05, 0) is 67.4 Å². The number of rotatable bonds is 6. The molecule has 0 aliphatic heterocycles. The van der Waals surface area contributed by atoms with Gasteiger partial charge in [0.15, 0.2) is 5.11 Å². The lowest BCUT2D eigenvalue weighted by atomic mass is 10.1. The van der Waals surface area contributed by atoms with Crippen LogP contribution >= 0.6 is 12.2 Å². The van der Waals surface area contributed by atoms with Crippen LogP contribution in [0, 0.1) is 13.8 Å². The van der Waals surface area contributed by atoms with E-state index in [0.717, 1.165) is 24.2 Å². The van der Waals surface area contributed by atoms with Crippen LogP contribution in [0.25, 0.3) is 0 Å². The first-order chi connectivity index (χ1) is 12.0. The molecule has 0 aromatic heterocycles. The van der Waals surface area contributed by atoms with Gasteiger partial charge in [0.2, 0.25) is 0 Å². The first-order valence-electron chi connectivity index (χ1n) is 8.48. The van der Waals surface area contributed by atoms with E-state index >= 15 is 0 Å². The van der Waals surface area contributed by atoms with Crippen LogP contribution in [-0.2, 0) is 0 Å². The highest BCUT2D eigenvalue weighted by molar-refractivity contribution is 7.80. The average Bonchev–Trinajstić information content (AvgIpc) is 2.60. The fourth-order valence-electron chi connectivity index (χ4n) is 2.48. The average molecular weight is 355 g/mol. The predicted molar refractivity (Wildman–Crippen MR) is 113 cm³/mol. The minimum absolute atomic E-state index is 0.476. The molecule has 0 fully saturated rings. The summed E-state index contributed by atoms with van der Waals surface area (Å²) in [7, 11) is 2.10. The lowest BCUT2D eigenvalue weighted by Gasteiger charge is -2.18. The van der Waals surface area contributed by atoms with Gasteiger partial charge in [0.25, 0.3) is 0 Å². The Kier molecular flexibility index (Phi) is 6.95. The second kappa shape index (κ2) is 9.18. The second-order valence-electron chi connectivity index (χ2n) is 6.08. The first-order valence-corrected chi connectivity index (χ1v) is 8.89. The van der Waals surface area contributed by atoms with Crippen molar-refractivity contribution < 1.29 is 0 Å². The van der Waals surface area contributed by atoms with Crippen LogP contribution in [0.4, 0.5) is 11.4 Å². The minimum Gasteiger partial charge on any atom is -0.375 e. The molecule has 2 N–H and O–H groups in total. The number of nitrogens with zero attached hydrogens (tertiary/aromatic N) is 2.